The highest BCUT2D eigenvalue weighted by atomic mass is 32.2. The molecule has 8 nitrogen and oxygen atoms in total. The Morgan fingerprint density at radius 2 is 1.64 bits per heavy atom. The van der Waals surface area contributed by atoms with Crippen molar-refractivity contribution < 1.29 is 31.7 Å². The van der Waals surface area contributed by atoms with Gasteiger partial charge in [-0.05, 0) is 48.2 Å². The van der Waals surface area contributed by atoms with Gasteiger partial charge in [-0.1, -0.05) is 63.2 Å². The quantitative estimate of drug-likeness (QED) is 0.441. The second-order valence-corrected chi connectivity index (χ2v) is 14.1. The number of fused-ring (bicyclic) bond motifs is 1. The van der Waals surface area contributed by atoms with Gasteiger partial charge in [-0.25, -0.2) is 4.79 Å². The van der Waals surface area contributed by atoms with Crippen molar-refractivity contribution in [3.8, 4) is 0 Å². The van der Waals surface area contributed by atoms with E-state index in [0.29, 0.717) is 37.9 Å². The fraction of sp³-hybridized carbons (Fsp3) is 0.533. The Morgan fingerprint density at radius 1 is 0.974 bits per heavy atom. The molecule has 6 atom stereocenters. The topological polar surface area (TPSA) is 108 Å². The second kappa shape index (κ2) is 9.42. The van der Waals surface area contributed by atoms with Gasteiger partial charge in [0.1, 0.15) is 23.1 Å². The van der Waals surface area contributed by atoms with Gasteiger partial charge in [-0.2, -0.15) is 8.42 Å². The van der Waals surface area contributed by atoms with Gasteiger partial charge >= 0.3 is 11.9 Å². The van der Waals surface area contributed by atoms with E-state index < -0.39 is 62.9 Å². The van der Waals surface area contributed by atoms with Crippen molar-refractivity contribution in [2.45, 2.75) is 68.5 Å². The van der Waals surface area contributed by atoms with Crippen molar-refractivity contribution in [2.24, 2.45) is 17.8 Å². The van der Waals surface area contributed by atoms with E-state index in [-0.39, 0.29) is 5.41 Å². The highest BCUT2D eigenvalue weighted by Crippen LogP contribution is 2.59. The van der Waals surface area contributed by atoms with Crippen molar-refractivity contribution in [1.82, 2.24) is 5.32 Å². The summed E-state index contributed by atoms with van der Waals surface area (Å²) in [6.07, 6.45) is 0.00627. The van der Waals surface area contributed by atoms with E-state index in [0.717, 1.165) is 11.1 Å². The standard InChI is InChI=1S/C30H35NO7S/c1-29(2,3)19-11-9-18(10-12-19)27(32)36-24-21-17-22-25(24)38-39(34,35)26(22)23(21)28(33)37-30(13-15-31-16-14-30)20-7-5-4-6-8-20/h4-12,21-26,31H,13-17H2,1-3H3. The number of esters is 2. The van der Waals surface area contributed by atoms with E-state index in [4.69, 9.17) is 13.7 Å². The number of benzene rings is 2. The minimum absolute atomic E-state index is 0.0623. The van der Waals surface area contributed by atoms with E-state index in [9.17, 15) is 18.0 Å². The van der Waals surface area contributed by atoms with Crippen molar-refractivity contribution >= 4 is 22.1 Å². The zero-order valence-corrected chi connectivity index (χ0v) is 23.3. The molecule has 208 valence electrons. The first-order chi connectivity index (χ1) is 18.5. The largest absolute Gasteiger partial charge is 0.456 e. The number of ether oxygens (including phenoxy) is 2. The third-order valence-electron chi connectivity index (χ3n) is 9.04. The molecule has 2 heterocycles. The van der Waals surface area contributed by atoms with Crippen LogP contribution in [0.1, 0.15) is 61.5 Å². The molecule has 2 aliphatic carbocycles. The Labute approximate surface area is 229 Å². The van der Waals surface area contributed by atoms with Gasteiger partial charge in [-0.3, -0.25) is 8.98 Å². The highest BCUT2D eigenvalue weighted by molar-refractivity contribution is 7.87. The maximum Gasteiger partial charge on any atom is 0.338 e. The third kappa shape index (κ3) is 4.48. The SMILES string of the molecule is CC(C)(C)c1ccc(C(=O)OC2C3CC4C2OS(=O)(=O)C4C3C(=O)OC2(c3ccccc3)CCNCC2)cc1. The first-order valence-electron chi connectivity index (χ1n) is 13.7. The minimum Gasteiger partial charge on any atom is -0.456 e. The van der Waals surface area contributed by atoms with Crippen LogP contribution in [0.2, 0.25) is 0 Å². The van der Waals surface area contributed by atoms with E-state index in [1.165, 1.54) is 0 Å². The van der Waals surface area contributed by atoms with Crippen LogP contribution in [0, 0.1) is 17.8 Å². The zero-order valence-electron chi connectivity index (χ0n) is 22.5. The van der Waals surface area contributed by atoms with Crippen LogP contribution >= 0.6 is 0 Å². The van der Waals surface area contributed by atoms with Crippen LogP contribution in [-0.4, -0.2) is 50.9 Å². The molecule has 6 rings (SSSR count). The van der Waals surface area contributed by atoms with Crippen molar-refractivity contribution in [1.29, 1.82) is 0 Å². The Bertz CT molecular complexity index is 1360. The van der Waals surface area contributed by atoms with Crippen molar-refractivity contribution in [2.75, 3.05) is 13.1 Å². The maximum atomic E-state index is 13.9. The smallest absolute Gasteiger partial charge is 0.338 e. The lowest BCUT2D eigenvalue weighted by atomic mass is 9.82. The molecule has 39 heavy (non-hydrogen) atoms. The number of rotatable bonds is 5. The lowest BCUT2D eigenvalue weighted by molar-refractivity contribution is -0.173. The molecule has 2 aliphatic heterocycles. The summed E-state index contributed by atoms with van der Waals surface area (Å²) >= 11 is 0. The summed E-state index contributed by atoms with van der Waals surface area (Å²) in [5.74, 6) is -2.94. The predicted octanol–water partition coefficient (Wildman–Crippen LogP) is 3.69. The van der Waals surface area contributed by atoms with Gasteiger partial charge in [0.15, 0.2) is 0 Å². The van der Waals surface area contributed by atoms with Crippen LogP contribution in [0.3, 0.4) is 0 Å². The number of hydrogen-bond acceptors (Lipinski definition) is 8. The first kappa shape index (κ1) is 26.5. The fourth-order valence-corrected chi connectivity index (χ4v) is 9.09. The molecule has 2 aromatic rings. The van der Waals surface area contributed by atoms with Crippen molar-refractivity contribution in [3.63, 3.8) is 0 Å². The summed E-state index contributed by atoms with van der Waals surface area (Å²) in [7, 11) is -4.01. The Balaban J connectivity index is 1.26. The third-order valence-corrected chi connectivity index (χ3v) is 10.8. The molecule has 2 bridgehead atoms. The molecule has 4 aliphatic rings. The van der Waals surface area contributed by atoms with E-state index in [1.54, 1.807) is 12.1 Å². The lowest BCUT2D eigenvalue weighted by Crippen LogP contribution is -2.49. The molecule has 2 saturated heterocycles. The Hall–Kier alpha value is -2.75. The molecule has 2 saturated carbocycles. The van der Waals surface area contributed by atoms with Gasteiger partial charge in [0.25, 0.3) is 10.1 Å². The fourth-order valence-electron chi connectivity index (χ4n) is 7.03. The average molecular weight is 554 g/mol. The van der Waals surface area contributed by atoms with Crippen LogP contribution in [0.15, 0.2) is 54.6 Å². The van der Waals surface area contributed by atoms with Gasteiger partial charge < -0.3 is 14.8 Å². The first-order valence-corrected chi connectivity index (χ1v) is 15.2. The van der Waals surface area contributed by atoms with Crippen LogP contribution in [0.4, 0.5) is 0 Å². The molecule has 2 aromatic carbocycles. The van der Waals surface area contributed by atoms with E-state index >= 15 is 0 Å². The molecular weight excluding hydrogens is 518 g/mol. The van der Waals surface area contributed by atoms with E-state index in [2.05, 4.69) is 26.1 Å². The lowest BCUT2D eigenvalue weighted by Gasteiger charge is -2.39. The number of piperidine rings is 1. The molecule has 0 amide bonds. The number of hydrogen-bond donors (Lipinski definition) is 1. The second-order valence-electron chi connectivity index (χ2n) is 12.3. The summed E-state index contributed by atoms with van der Waals surface area (Å²) in [5.41, 5.74) is 1.45. The summed E-state index contributed by atoms with van der Waals surface area (Å²) in [4.78, 5) is 27.0. The number of carbonyl (C=O) groups excluding carboxylic acids is 2. The van der Waals surface area contributed by atoms with Crippen LogP contribution in [0.5, 0.6) is 0 Å². The van der Waals surface area contributed by atoms with Crippen molar-refractivity contribution in [3.05, 3.63) is 71.3 Å². The molecule has 0 spiro atoms. The van der Waals surface area contributed by atoms with Gasteiger partial charge in [0, 0.05) is 24.7 Å². The highest BCUT2D eigenvalue weighted by Gasteiger charge is 2.72. The van der Waals surface area contributed by atoms with E-state index in [1.807, 2.05) is 42.5 Å². The number of carbonyl (C=O) groups is 2. The van der Waals surface area contributed by atoms with Gasteiger partial charge in [0.2, 0.25) is 0 Å². The molecule has 0 radical (unpaired) electrons. The molecule has 6 unspecified atom stereocenters. The number of nitrogens with one attached hydrogen (secondary N) is 1. The zero-order chi connectivity index (χ0) is 27.6. The molecule has 0 aromatic heterocycles. The summed E-state index contributed by atoms with van der Waals surface area (Å²) in [5, 5.41) is 2.33. The maximum absolute atomic E-state index is 13.9. The van der Waals surface area contributed by atoms with Gasteiger partial charge in [0.05, 0.1) is 11.5 Å². The average Bonchev–Trinajstić information content (AvgIpc) is 3.52. The van der Waals surface area contributed by atoms with Crippen LogP contribution < -0.4 is 5.32 Å². The Morgan fingerprint density at radius 3 is 2.28 bits per heavy atom. The van der Waals surface area contributed by atoms with Crippen LogP contribution in [-0.2, 0) is 39.6 Å². The molecule has 4 fully saturated rings. The Kier molecular flexibility index (Phi) is 6.39. The normalized spacial score (nSPS) is 32.1. The monoisotopic (exact) mass is 553 g/mol. The summed E-state index contributed by atoms with van der Waals surface area (Å²) in [6.45, 7) is 7.64. The molecular formula is C30H35NO7S. The molecule has 9 heteroatoms. The summed E-state index contributed by atoms with van der Waals surface area (Å²) < 4.78 is 43.9. The van der Waals surface area contributed by atoms with Gasteiger partial charge in [-0.15, -0.1) is 0 Å². The van der Waals surface area contributed by atoms with Crippen LogP contribution in [0.25, 0.3) is 0 Å². The summed E-state index contributed by atoms with van der Waals surface area (Å²) in [6, 6.07) is 16.9. The predicted molar refractivity (Wildman–Crippen MR) is 143 cm³/mol. The minimum atomic E-state index is -4.01. The molecule has 1 N–H and O–H groups in total.